The maximum atomic E-state index is 11.9. The van der Waals surface area contributed by atoms with Gasteiger partial charge in [-0.25, -0.2) is 4.79 Å². The maximum absolute atomic E-state index is 11.9. The van der Waals surface area contributed by atoms with E-state index in [-0.39, 0.29) is 11.4 Å². The van der Waals surface area contributed by atoms with Gasteiger partial charge in [0.25, 0.3) is 5.56 Å². The number of nitrogens with zero attached hydrogens (tertiary/aromatic N) is 1. The summed E-state index contributed by atoms with van der Waals surface area (Å²) in [6, 6.07) is 7.07. The first-order chi connectivity index (χ1) is 8.90. The zero-order valence-electron chi connectivity index (χ0n) is 9.92. The zero-order valence-corrected chi connectivity index (χ0v) is 11.5. The van der Waals surface area contributed by atoms with E-state index in [1.54, 1.807) is 18.2 Å². The Labute approximate surface area is 116 Å². The molecule has 2 rings (SSSR count). The molecule has 0 bridgehead atoms. The predicted molar refractivity (Wildman–Crippen MR) is 73.1 cm³/mol. The molecule has 19 heavy (non-hydrogen) atoms. The van der Waals surface area contributed by atoms with Crippen molar-refractivity contribution in [3.05, 3.63) is 56.4 Å². The normalized spacial score (nSPS) is 10.4. The second kappa shape index (κ2) is 4.89. The smallest absolute Gasteiger partial charge is 0.353 e. The minimum absolute atomic E-state index is 0.285. The molecule has 2 N–H and O–H groups in total. The van der Waals surface area contributed by atoms with Gasteiger partial charge in [-0.15, -0.1) is 0 Å². The highest BCUT2D eigenvalue weighted by Gasteiger charge is 2.15. The molecule has 1 heterocycles. The van der Waals surface area contributed by atoms with Crippen molar-refractivity contribution in [1.29, 1.82) is 0 Å². The van der Waals surface area contributed by atoms with E-state index in [0.717, 1.165) is 26.7 Å². The second-order valence-corrected chi connectivity index (χ2v) is 4.87. The van der Waals surface area contributed by atoms with E-state index in [2.05, 4.69) is 15.9 Å². The fraction of sp³-hybridized carbons (Fsp3) is 0.0769. The number of carboxylic acid groups (broad SMARTS) is 1. The third-order valence-electron chi connectivity index (χ3n) is 2.64. The van der Waals surface area contributed by atoms with Gasteiger partial charge in [-0.1, -0.05) is 15.9 Å². The summed E-state index contributed by atoms with van der Waals surface area (Å²) in [7, 11) is 0. The van der Waals surface area contributed by atoms with Crippen LogP contribution in [-0.2, 0) is 0 Å². The van der Waals surface area contributed by atoms with Crippen LogP contribution in [0.15, 0.2) is 39.6 Å². The lowest BCUT2D eigenvalue weighted by Crippen LogP contribution is -2.23. The van der Waals surface area contributed by atoms with Crippen LogP contribution in [0.1, 0.15) is 16.1 Å². The topological polar surface area (TPSA) is 79.5 Å². The largest absolute Gasteiger partial charge is 0.508 e. The second-order valence-electron chi connectivity index (χ2n) is 4.01. The summed E-state index contributed by atoms with van der Waals surface area (Å²) in [6.07, 6.45) is 0. The Kier molecular flexibility index (Phi) is 3.44. The van der Waals surface area contributed by atoms with Crippen molar-refractivity contribution in [2.45, 2.75) is 6.92 Å². The molecule has 0 atom stereocenters. The molecule has 0 aliphatic rings. The number of carboxylic acids is 1. The van der Waals surface area contributed by atoms with E-state index >= 15 is 0 Å². The Morgan fingerprint density at radius 2 is 1.95 bits per heavy atom. The Balaban J connectivity index is 2.77. The number of carbonyl (C=O) groups is 1. The zero-order chi connectivity index (χ0) is 14.2. The van der Waals surface area contributed by atoms with Crippen molar-refractivity contribution in [1.82, 2.24) is 4.57 Å². The van der Waals surface area contributed by atoms with E-state index in [4.69, 9.17) is 5.11 Å². The average Bonchev–Trinajstić information content (AvgIpc) is 2.32. The van der Waals surface area contributed by atoms with Gasteiger partial charge in [0.05, 0.1) is 0 Å². The highest BCUT2D eigenvalue weighted by atomic mass is 79.9. The summed E-state index contributed by atoms with van der Waals surface area (Å²) in [6.45, 7) is 1.83. The van der Waals surface area contributed by atoms with Gasteiger partial charge in [-0.3, -0.25) is 9.36 Å². The van der Waals surface area contributed by atoms with Crippen molar-refractivity contribution in [3.8, 4) is 11.4 Å². The van der Waals surface area contributed by atoms with Crippen LogP contribution >= 0.6 is 15.9 Å². The van der Waals surface area contributed by atoms with Gasteiger partial charge in [0.15, 0.2) is 0 Å². The lowest BCUT2D eigenvalue weighted by Gasteiger charge is -2.11. The quantitative estimate of drug-likeness (QED) is 0.888. The summed E-state index contributed by atoms with van der Waals surface area (Å²) in [5.41, 5.74) is 0.419. The summed E-state index contributed by atoms with van der Waals surface area (Å²) in [4.78, 5) is 23.1. The molecule has 0 aliphatic heterocycles. The fourth-order valence-electron chi connectivity index (χ4n) is 1.75. The van der Waals surface area contributed by atoms with E-state index in [1.807, 2.05) is 6.92 Å². The molecular weight excluding hydrogens is 314 g/mol. The van der Waals surface area contributed by atoms with Crippen LogP contribution in [0.5, 0.6) is 5.75 Å². The van der Waals surface area contributed by atoms with Crippen molar-refractivity contribution in [3.63, 3.8) is 0 Å². The molecule has 0 spiro atoms. The van der Waals surface area contributed by atoms with E-state index < -0.39 is 11.5 Å². The molecule has 0 fully saturated rings. The number of hydrogen-bond donors (Lipinski definition) is 2. The number of aromatic carboxylic acids is 1. The average molecular weight is 324 g/mol. The summed E-state index contributed by atoms with van der Waals surface area (Å²) in [5, 5.41) is 18.4. The molecule has 2 aromatic rings. The SMILES string of the molecule is Cc1cc(-n2c(C(=O)O)cc(O)cc2=O)ccc1Br. The monoisotopic (exact) mass is 323 g/mol. The van der Waals surface area contributed by atoms with Crippen molar-refractivity contribution < 1.29 is 15.0 Å². The number of benzene rings is 1. The number of aryl methyl sites for hydroxylation is 1. The first-order valence-corrected chi connectivity index (χ1v) is 6.15. The third kappa shape index (κ3) is 2.53. The minimum Gasteiger partial charge on any atom is -0.508 e. The van der Waals surface area contributed by atoms with Gasteiger partial charge in [0, 0.05) is 22.3 Å². The van der Waals surface area contributed by atoms with E-state index in [9.17, 15) is 14.7 Å². The summed E-state index contributed by atoms with van der Waals surface area (Å²) in [5.74, 6) is -1.65. The van der Waals surface area contributed by atoms with Crippen molar-refractivity contribution in [2.24, 2.45) is 0 Å². The molecule has 1 aromatic carbocycles. The van der Waals surface area contributed by atoms with Crippen LogP contribution in [0, 0.1) is 6.92 Å². The maximum Gasteiger partial charge on any atom is 0.353 e. The molecule has 0 saturated carbocycles. The molecule has 0 radical (unpaired) electrons. The molecule has 5 nitrogen and oxygen atoms in total. The molecule has 0 aliphatic carbocycles. The first-order valence-electron chi connectivity index (χ1n) is 5.36. The van der Waals surface area contributed by atoms with Crippen LogP contribution in [0.3, 0.4) is 0 Å². The number of halogens is 1. The van der Waals surface area contributed by atoms with Crippen molar-refractivity contribution in [2.75, 3.05) is 0 Å². The number of pyridine rings is 1. The van der Waals surface area contributed by atoms with Crippen LogP contribution in [0.2, 0.25) is 0 Å². The van der Waals surface area contributed by atoms with Crippen LogP contribution < -0.4 is 5.56 Å². The molecule has 98 valence electrons. The molecular formula is C13H10BrNO4. The number of aromatic nitrogens is 1. The van der Waals surface area contributed by atoms with Gasteiger partial charge in [-0.05, 0) is 30.7 Å². The van der Waals surface area contributed by atoms with Crippen LogP contribution in [0.25, 0.3) is 5.69 Å². The Morgan fingerprint density at radius 3 is 2.53 bits per heavy atom. The molecule has 0 saturated heterocycles. The van der Waals surface area contributed by atoms with Crippen LogP contribution in [-0.4, -0.2) is 20.7 Å². The van der Waals surface area contributed by atoms with Gasteiger partial charge < -0.3 is 10.2 Å². The highest BCUT2D eigenvalue weighted by molar-refractivity contribution is 9.10. The molecule has 0 amide bonds. The van der Waals surface area contributed by atoms with E-state index in [1.165, 1.54) is 0 Å². The number of rotatable bonds is 2. The van der Waals surface area contributed by atoms with Gasteiger partial charge in [-0.2, -0.15) is 0 Å². The lowest BCUT2D eigenvalue weighted by atomic mass is 10.2. The lowest BCUT2D eigenvalue weighted by molar-refractivity contribution is 0.0686. The van der Waals surface area contributed by atoms with Gasteiger partial charge >= 0.3 is 5.97 Å². The van der Waals surface area contributed by atoms with E-state index in [0.29, 0.717) is 5.69 Å². The Hall–Kier alpha value is -2.08. The Morgan fingerprint density at radius 1 is 1.26 bits per heavy atom. The van der Waals surface area contributed by atoms with Crippen LogP contribution in [0.4, 0.5) is 0 Å². The summed E-state index contributed by atoms with van der Waals surface area (Å²) >= 11 is 3.34. The highest BCUT2D eigenvalue weighted by Crippen LogP contribution is 2.20. The Bertz CT molecular complexity index is 721. The molecule has 1 aromatic heterocycles. The predicted octanol–water partition coefficient (Wildman–Crippen LogP) is 2.31. The summed E-state index contributed by atoms with van der Waals surface area (Å²) < 4.78 is 1.90. The van der Waals surface area contributed by atoms with Gasteiger partial charge in [0.2, 0.25) is 0 Å². The van der Waals surface area contributed by atoms with Crippen molar-refractivity contribution >= 4 is 21.9 Å². The minimum atomic E-state index is -1.28. The number of hydrogen-bond acceptors (Lipinski definition) is 3. The van der Waals surface area contributed by atoms with Gasteiger partial charge in [0.1, 0.15) is 11.4 Å². The molecule has 0 unspecified atom stereocenters. The molecule has 6 heteroatoms. The first kappa shape index (κ1) is 13.4. The third-order valence-corrected chi connectivity index (χ3v) is 3.53. The number of aromatic hydroxyl groups is 1. The fourth-order valence-corrected chi connectivity index (χ4v) is 1.99. The standard InChI is InChI=1S/C13H10BrNO4/c1-7-4-8(2-3-10(7)14)15-11(13(18)19)5-9(16)6-12(15)17/h2-6,16H,1H3,(H,18,19).